The maximum atomic E-state index is 11.2. The van der Waals surface area contributed by atoms with Crippen LogP contribution in [0.25, 0.3) is 0 Å². The minimum atomic E-state index is -0.794. The summed E-state index contributed by atoms with van der Waals surface area (Å²) in [6, 6.07) is 5.19. The number of anilines is 1. The van der Waals surface area contributed by atoms with Crippen molar-refractivity contribution in [2.24, 2.45) is 5.73 Å². The number of carboxylic acid groups (broad SMARTS) is 1. The van der Waals surface area contributed by atoms with E-state index >= 15 is 0 Å². The van der Waals surface area contributed by atoms with Crippen molar-refractivity contribution < 1.29 is 14.7 Å². The molecule has 0 heterocycles. The topological polar surface area (TPSA) is 92.4 Å². The van der Waals surface area contributed by atoms with Crippen molar-refractivity contribution in [3.05, 3.63) is 28.2 Å². The molecule has 0 unspecified atom stereocenters. The van der Waals surface area contributed by atoms with Crippen molar-refractivity contribution in [2.45, 2.75) is 44.1 Å². The second-order valence-corrected chi connectivity index (χ2v) is 6.45. The van der Waals surface area contributed by atoms with Crippen LogP contribution in [0.3, 0.4) is 0 Å². The van der Waals surface area contributed by atoms with E-state index in [4.69, 9.17) is 10.8 Å². The van der Waals surface area contributed by atoms with Gasteiger partial charge in [0.1, 0.15) is 0 Å². The van der Waals surface area contributed by atoms with Gasteiger partial charge in [0.05, 0.1) is 12.0 Å². The summed E-state index contributed by atoms with van der Waals surface area (Å²) in [7, 11) is 0. The zero-order valence-electron chi connectivity index (χ0n) is 11.7. The standard InChI is InChI=1S/C15H19BrN2O3/c16-12-8-10(4-5-11(12)14(17)21)18-15(9-13(19)20)6-2-1-3-7-15/h4-5,8,18H,1-3,6-7,9H2,(H2,17,21)(H,19,20). The molecule has 1 saturated carbocycles. The molecule has 0 aromatic heterocycles. The van der Waals surface area contributed by atoms with E-state index in [9.17, 15) is 9.59 Å². The van der Waals surface area contributed by atoms with Crippen molar-refractivity contribution in [3.63, 3.8) is 0 Å². The largest absolute Gasteiger partial charge is 0.481 e. The van der Waals surface area contributed by atoms with Gasteiger partial charge in [-0.3, -0.25) is 9.59 Å². The summed E-state index contributed by atoms with van der Waals surface area (Å²) < 4.78 is 0.612. The van der Waals surface area contributed by atoms with Gasteiger partial charge < -0.3 is 16.2 Å². The quantitative estimate of drug-likeness (QED) is 0.757. The van der Waals surface area contributed by atoms with E-state index in [0.29, 0.717) is 10.0 Å². The Kier molecular flexibility index (Phi) is 4.88. The number of halogens is 1. The number of hydrogen-bond acceptors (Lipinski definition) is 3. The van der Waals surface area contributed by atoms with E-state index < -0.39 is 17.4 Å². The van der Waals surface area contributed by atoms with Crippen LogP contribution in [0.5, 0.6) is 0 Å². The molecule has 0 bridgehead atoms. The van der Waals surface area contributed by atoms with Gasteiger partial charge in [0.25, 0.3) is 0 Å². The van der Waals surface area contributed by atoms with E-state index in [0.717, 1.165) is 37.8 Å². The van der Waals surface area contributed by atoms with Crippen molar-refractivity contribution in [3.8, 4) is 0 Å². The molecule has 1 aliphatic carbocycles. The second kappa shape index (κ2) is 6.47. The van der Waals surface area contributed by atoms with Crippen LogP contribution in [0.15, 0.2) is 22.7 Å². The average molecular weight is 355 g/mol. The normalized spacial score (nSPS) is 17.2. The van der Waals surface area contributed by atoms with Crippen LogP contribution in [0, 0.1) is 0 Å². The number of nitrogens with one attached hydrogen (secondary N) is 1. The van der Waals surface area contributed by atoms with Gasteiger partial charge in [0.15, 0.2) is 0 Å². The molecule has 0 radical (unpaired) electrons. The number of benzene rings is 1. The maximum absolute atomic E-state index is 11.2. The summed E-state index contributed by atoms with van der Waals surface area (Å²) in [5, 5.41) is 12.5. The van der Waals surface area contributed by atoms with Crippen molar-refractivity contribution >= 4 is 33.5 Å². The van der Waals surface area contributed by atoms with Gasteiger partial charge >= 0.3 is 5.97 Å². The fourth-order valence-corrected chi connectivity index (χ4v) is 3.54. The number of amides is 1. The van der Waals surface area contributed by atoms with Gasteiger partial charge in [-0.1, -0.05) is 19.3 Å². The number of carbonyl (C=O) groups is 2. The zero-order chi connectivity index (χ0) is 15.5. The van der Waals surface area contributed by atoms with Crippen molar-refractivity contribution in [2.75, 3.05) is 5.32 Å². The Morgan fingerprint density at radius 3 is 2.48 bits per heavy atom. The van der Waals surface area contributed by atoms with Crippen LogP contribution in [0.4, 0.5) is 5.69 Å². The van der Waals surface area contributed by atoms with Crippen LogP contribution in [0.2, 0.25) is 0 Å². The summed E-state index contributed by atoms with van der Waals surface area (Å²) in [6.07, 6.45) is 4.99. The number of aliphatic carboxylic acids is 1. The highest BCUT2D eigenvalue weighted by Crippen LogP contribution is 2.35. The predicted octanol–water partition coefficient (Wildman–Crippen LogP) is 3.14. The van der Waals surface area contributed by atoms with Crippen LogP contribution >= 0.6 is 15.9 Å². The highest BCUT2D eigenvalue weighted by atomic mass is 79.9. The summed E-state index contributed by atoms with van der Waals surface area (Å²) >= 11 is 3.32. The lowest BCUT2D eigenvalue weighted by Crippen LogP contribution is -2.42. The molecule has 21 heavy (non-hydrogen) atoms. The lowest BCUT2D eigenvalue weighted by molar-refractivity contribution is -0.138. The van der Waals surface area contributed by atoms with E-state index in [2.05, 4.69) is 21.2 Å². The number of hydrogen-bond donors (Lipinski definition) is 3. The van der Waals surface area contributed by atoms with Crippen LogP contribution in [-0.4, -0.2) is 22.5 Å². The van der Waals surface area contributed by atoms with Crippen molar-refractivity contribution in [1.82, 2.24) is 0 Å². The first-order valence-electron chi connectivity index (χ1n) is 7.01. The number of primary amides is 1. The molecule has 4 N–H and O–H groups in total. The van der Waals surface area contributed by atoms with Gasteiger partial charge in [-0.05, 0) is 47.0 Å². The summed E-state index contributed by atoms with van der Waals surface area (Å²) in [4.78, 5) is 22.4. The first-order chi connectivity index (χ1) is 9.92. The van der Waals surface area contributed by atoms with Gasteiger partial charge in [0.2, 0.25) is 5.91 Å². The molecule has 6 heteroatoms. The Bertz CT molecular complexity index is 554. The number of nitrogens with two attached hydrogens (primary N) is 1. The summed E-state index contributed by atoms with van der Waals surface area (Å²) in [5.41, 5.74) is 6.08. The van der Waals surface area contributed by atoms with Gasteiger partial charge in [-0.25, -0.2) is 0 Å². The second-order valence-electron chi connectivity index (χ2n) is 5.60. The molecule has 5 nitrogen and oxygen atoms in total. The highest BCUT2D eigenvalue weighted by Gasteiger charge is 2.34. The Labute approximate surface area is 132 Å². The molecule has 1 aliphatic rings. The monoisotopic (exact) mass is 354 g/mol. The zero-order valence-corrected chi connectivity index (χ0v) is 13.3. The molecule has 1 aromatic carbocycles. The Balaban J connectivity index is 2.22. The van der Waals surface area contributed by atoms with E-state index in [1.807, 2.05) is 0 Å². The third-order valence-electron chi connectivity index (χ3n) is 3.94. The minimum absolute atomic E-state index is 0.0994. The lowest BCUT2D eigenvalue weighted by atomic mass is 9.79. The third-order valence-corrected chi connectivity index (χ3v) is 4.60. The fourth-order valence-electron chi connectivity index (χ4n) is 2.96. The molecular weight excluding hydrogens is 336 g/mol. The van der Waals surface area contributed by atoms with E-state index in [1.165, 1.54) is 0 Å². The highest BCUT2D eigenvalue weighted by molar-refractivity contribution is 9.10. The molecular formula is C15H19BrN2O3. The Morgan fingerprint density at radius 2 is 1.95 bits per heavy atom. The number of rotatable bonds is 5. The molecule has 0 spiro atoms. The third kappa shape index (κ3) is 3.97. The molecule has 2 rings (SSSR count). The summed E-state index contributed by atoms with van der Waals surface area (Å²) in [6.45, 7) is 0. The van der Waals surface area contributed by atoms with Gasteiger partial charge in [0, 0.05) is 15.7 Å². The minimum Gasteiger partial charge on any atom is -0.481 e. The first kappa shape index (κ1) is 15.8. The predicted molar refractivity (Wildman–Crippen MR) is 84.4 cm³/mol. The van der Waals surface area contributed by atoms with E-state index in [1.54, 1.807) is 18.2 Å². The van der Waals surface area contributed by atoms with Crippen LogP contribution in [-0.2, 0) is 4.79 Å². The van der Waals surface area contributed by atoms with Crippen LogP contribution in [0.1, 0.15) is 48.9 Å². The van der Waals surface area contributed by atoms with Crippen molar-refractivity contribution in [1.29, 1.82) is 0 Å². The SMILES string of the molecule is NC(=O)c1ccc(NC2(CC(=O)O)CCCCC2)cc1Br. The van der Waals surface area contributed by atoms with Gasteiger partial charge in [-0.15, -0.1) is 0 Å². The molecule has 1 fully saturated rings. The Morgan fingerprint density at radius 1 is 1.29 bits per heavy atom. The Hall–Kier alpha value is -1.56. The van der Waals surface area contributed by atoms with Crippen LogP contribution < -0.4 is 11.1 Å². The van der Waals surface area contributed by atoms with E-state index in [-0.39, 0.29) is 6.42 Å². The smallest absolute Gasteiger partial charge is 0.305 e. The maximum Gasteiger partial charge on any atom is 0.305 e. The molecule has 0 atom stereocenters. The first-order valence-corrected chi connectivity index (χ1v) is 7.80. The fraction of sp³-hybridized carbons (Fsp3) is 0.467. The lowest BCUT2D eigenvalue weighted by Gasteiger charge is -2.38. The summed E-state index contributed by atoms with van der Waals surface area (Å²) in [5.74, 6) is -1.29. The molecule has 114 valence electrons. The molecule has 1 amide bonds. The molecule has 1 aromatic rings. The number of carboxylic acids is 1. The average Bonchev–Trinajstić information content (AvgIpc) is 2.38. The van der Waals surface area contributed by atoms with Gasteiger partial charge in [-0.2, -0.15) is 0 Å². The number of carbonyl (C=O) groups excluding carboxylic acids is 1. The molecule has 0 saturated heterocycles. The molecule has 0 aliphatic heterocycles.